The number of nitrogens with one attached hydrogen (secondary N) is 1. The van der Waals surface area contributed by atoms with Crippen LogP contribution in [0.25, 0.3) is 0 Å². The SMILES string of the molecule is NC(=O)Nn1ccnc1. The molecular formula is C4H6N4O. The lowest BCUT2D eigenvalue weighted by Crippen LogP contribution is -2.26. The molecule has 1 aromatic rings. The quantitative estimate of drug-likeness (QED) is 0.532. The number of hydrogen-bond donors (Lipinski definition) is 2. The van der Waals surface area contributed by atoms with Crippen molar-refractivity contribution >= 4 is 6.03 Å². The van der Waals surface area contributed by atoms with Crippen molar-refractivity contribution in [2.45, 2.75) is 0 Å². The molecule has 0 aromatic carbocycles. The van der Waals surface area contributed by atoms with Gasteiger partial charge in [-0.05, 0) is 0 Å². The molecule has 0 aliphatic rings. The highest BCUT2D eigenvalue weighted by molar-refractivity contribution is 5.79. The van der Waals surface area contributed by atoms with E-state index in [4.69, 9.17) is 5.73 Å². The van der Waals surface area contributed by atoms with Crippen LogP contribution in [-0.4, -0.2) is 15.7 Å². The summed E-state index contributed by atoms with van der Waals surface area (Å²) in [7, 11) is 0. The predicted molar refractivity (Wildman–Crippen MR) is 31.2 cm³/mol. The third-order valence-electron chi connectivity index (χ3n) is 0.744. The van der Waals surface area contributed by atoms with Gasteiger partial charge in [-0.25, -0.2) is 19.9 Å². The van der Waals surface area contributed by atoms with Gasteiger partial charge in [0.05, 0.1) is 0 Å². The van der Waals surface area contributed by atoms with E-state index in [0.717, 1.165) is 0 Å². The summed E-state index contributed by atoms with van der Waals surface area (Å²) in [6, 6.07) is -0.604. The van der Waals surface area contributed by atoms with E-state index in [2.05, 4.69) is 10.4 Å². The Morgan fingerprint density at radius 3 is 3.00 bits per heavy atom. The van der Waals surface area contributed by atoms with E-state index in [1.807, 2.05) is 0 Å². The second-order valence-electron chi connectivity index (χ2n) is 1.45. The zero-order valence-electron chi connectivity index (χ0n) is 4.61. The number of carbonyl (C=O) groups excluding carboxylic acids is 1. The fourth-order valence-electron chi connectivity index (χ4n) is 0.452. The maximum Gasteiger partial charge on any atom is 0.331 e. The monoisotopic (exact) mass is 126 g/mol. The molecule has 0 saturated heterocycles. The van der Waals surface area contributed by atoms with Crippen LogP contribution in [0.15, 0.2) is 18.7 Å². The van der Waals surface area contributed by atoms with Gasteiger partial charge in [0.25, 0.3) is 0 Å². The summed E-state index contributed by atoms with van der Waals surface area (Å²) in [6.07, 6.45) is 4.55. The summed E-state index contributed by atoms with van der Waals surface area (Å²) in [5, 5.41) is 0. The minimum absolute atomic E-state index is 0.604. The van der Waals surface area contributed by atoms with Gasteiger partial charge in [0.2, 0.25) is 0 Å². The van der Waals surface area contributed by atoms with Gasteiger partial charge in [0, 0.05) is 12.4 Å². The molecule has 0 aliphatic carbocycles. The summed E-state index contributed by atoms with van der Waals surface area (Å²) in [4.78, 5) is 13.8. The van der Waals surface area contributed by atoms with E-state index < -0.39 is 6.03 Å². The molecule has 0 unspecified atom stereocenters. The second-order valence-corrected chi connectivity index (χ2v) is 1.45. The molecule has 2 amide bonds. The fraction of sp³-hybridized carbons (Fsp3) is 0. The fourth-order valence-corrected chi connectivity index (χ4v) is 0.452. The zero-order chi connectivity index (χ0) is 6.69. The van der Waals surface area contributed by atoms with Crippen molar-refractivity contribution in [3.05, 3.63) is 18.7 Å². The van der Waals surface area contributed by atoms with E-state index in [1.54, 1.807) is 6.20 Å². The van der Waals surface area contributed by atoms with Crippen molar-refractivity contribution in [2.75, 3.05) is 5.43 Å². The highest BCUT2D eigenvalue weighted by atomic mass is 16.2. The Hall–Kier alpha value is -1.52. The molecular weight excluding hydrogens is 120 g/mol. The van der Waals surface area contributed by atoms with Crippen LogP contribution in [0.2, 0.25) is 0 Å². The van der Waals surface area contributed by atoms with Crippen LogP contribution in [-0.2, 0) is 0 Å². The molecule has 0 bridgehead atoms. The minimum Gasteiger partial charge on any atom is -0.350 e. The van der Waals surface area contributed by atoms with Gasteiger partial charge in [0.1, 0.15) is 6.33 Å². The zero-order valence-corrected chi connectivity index (χ0v) is 4.61. The van der Waals surface area contributed by atoms with Crippen LogP contribution < -0.4 is 11.2 Å². The van der Waals surface area contributed by atoms with E-state index in [1.165, 1.54) is 17.2 Å². The molecule has 1 aromatic heterocycles. The first-order valence-electron chi connectivity index (χ1n) is 2.33. The van der Waals surface area contributed by atoms with E-state index in [0.29, 0.717) is 0 Å². The molecule has 0 aliphatic heterocycles. The number of urea groups is 1. The van der Waals surface area contributed by atoms with Crippen LogP contribution in [0, 0.1) is 0 Å². The van der Waals surface area contributed by atoms with Crippen LogP contribution in [0.5, 0.6) is 0 Å². The summed E-state index contributed by atoms with van der Waals surface area (Å²) in [6.45, 7) is 0. The van der Waals surface area contributed by atoms with Gasteiger partial charge in [-0.3, -0.25) is 0 Å². The molecule has 48 valence electrons. The molecule has 1 heterocycles. The van der Waals surface area contributed by atoms with Crippen molar-refractivity contribution in [3.63, 3.8) is 0 Å². The van der Waals surface area contributed by atoms with Gasteiger partial charge in [0.15, 0.2) is 0 Å². The summed E-state index contributed by atoms with van der Waals surface area (Å²) in [5.74, 6) is 0. The maximum atomic E-state index is 10.1. The van der Waals surface area contributed by atoms with E-state index >= 15 is 0 Å². The van der Waals surface area contributed by atoms with Crippen molar-refractivity contribution in [3.8, 4) is 0 Å². The number of imidazole rings is 1. The molecule has 1 rings (SSSR count). The van der Waals surface area contributed by atoms with Crippen LogP contribution in [0.3, 0.4) is 0 Å². The summed E-state index contributed by atoms with van der Waals surface area (Å²) >= 11 is 0. The average Bonchev–Trinajstić information content (AvgIpc) is 2.15. The first-order valence-corrected chi connectivity index (χ1v) is 2.33. The Bertz CT molecular complexity index is 192. The number of nitrogens with zero attached hydrogens (tertiary/aromatic N) is 2. The number of rotatable bonds is 1. The van der Waals surface area contributed by atoms with Crippen molar-refractivity contribution in [1.29, 1.82) is 0 Å². The number of primary amides is 1. The Kier molecular flexibility index (Phi) is 1.35. The Labute approximate surface area is 51.5 Å². The third-order valence-corrected chi connectivity index (χ3v) is 0.744. The topological polar surface area (TPSA) is 72.9 Å². The number of nitrogens with two attached hydrogens (primary N) is 1. The largest absolute Gasteiger partial charge is 0.350 e. The molecule has 0 saturated carbocycles. The first kappa shape index (κ1) is 5.61. The predicted octanol–water partition coefficient (Wildman–Crippen LogP) is -0.495. The number of amides is 2. The summed E-state index contributed by atoms with van der Waals surface area (Å²) < 4.78 is 1.36. The molecule has 3 N–H and O–H groups in total. The Balaban J connectivity index is 2.58. The average molecular weight is 126 g/mol. The van der Waals surface area contributed by atoms with Crippen molar-refractivity contribution in [2.24, 2.45) is 5.73 Å². The van der Waals surface area contributed by atoms with Gasteiger partial charge in [-0.15, -0.1) is 0 Å². The van der Waals surface area contributed by atoms with Gasteiger partial charge < -0.3 is 5.73 Å². The second kappa shape index (κ2) is 2.17. The molecule has 0 atom stereocenters. The molecule has 5 nitrogen and oxygen atoms in total. The molecule has 5 heteroatoms. The lowest BCUT2D eigenvalue weighted by atomic mass is 10.9. The van der Waals surface area contributed by atoms with Crippen LogP contribution >= 0.6 is 0 Å². The van der Waals surface area contributed by atoms with E-state index in [-0.39, 0.29) is 0 Å². The maximum absolute atomic E-state index is 10.1. The number of hydrogen-bond acceptors (Lipinski definition) is 2. The first-order chi connectivity index (χ1) is 4.29. The molecule has 0 radical (unpaired) electrons. The Morgan fingerprint density at radius 2 is 2.56 bits per heavy atom. The smallest absolute Gasteiger partial charge is 0.331 e. The molecule has 0 fully saturated rings. The summed E-state index contributed by atoms with van der Waals surface area (Å²) in [5.41, 5.74) is 7.06. The van der Waals surface area contributed by atoms with Crippen molar-refractivity contribution in [1.82, 2.24) is 9.66 Å². The van der Waals surface area contributed by atoms with Gasteiger partial charge >= 0.3 is 6.03 Å². The van der Waals surface area contributed by atoms with Gasteiger partial charge in [-0.2, -0.15) is 0 Å². The van der Waals surface area contributed by atoms with Crippen molar-refractivity contribution < 1.29 is 4.79 Å². The molecule has 0 spiro atoms. The van der Waals surface area contributed by atoms with Crippen LogP contribution in [0.4, 0.5) is 4.79 Å². The van der Waals surface area contributed by atoms with E-state index in [9.17, 15) is 4.79 Å². The third kappa shape index (κ3) is 1.45. The highest BCUT2D eigenvalue weighted by Gasteiger charge is 1.88. The lowest BCUT2D eigenvalue weighted by molar-refractivity contribution is 0.257. The minimum atomic E-state index is -0.604. The molecule has 9 heavy (non-hydrogen) atoms. The number of carbonyl (C=O) groups is 1. The Morgan fingerprint density at radius 1 is 1.78 bits per heavy atom. The number of aromatic nitrogens is 2. The lowest BCUT2D eigenvalue weighted by Gasteiger charge is -1.97. The van der Waals surface area contributed by atoms with Gasteiger partial charge in [-0.1, -0.05) is 0 Å². The standard InChI is InChI=1S/C4H6N4O/c5-4(9)7-8-2-1-6-3-8/h1-3H,(H3,5,7,9). The highest BCUT2D eigenvalue weighted by Crippen LogP contribution is 1.77. The normalized spacial score (nSPS) is 8.89. The van der Waals surface area contributed by atoms with Crippen LogP contribution in [0.1, 0.15) is 0 Å².